The summed E-state index contributed by atoms with van der Waals surface area (Å²) in [5, 5.41) is 19.4. The summed E-state index contributed by atoms with van der Waals surface area (Å²) >= 11 is 1.55. The van der Waals surface area contributed by atoms with Crippen LogP contribution in [0.25, 0.3) is 32.6 Å². The third kappa shape index (κ3) is 3.40. The maximum atomic E-state index is 8.22. The number of nitrogens with one attached hydrogen (secondary N) is 2. The second-order valence-electron chi connectivity index (χ2n) is 8.44. The molecular weight excluding hydrogens is 406 g/mol. The van der Waals surface area contributed by atoms with Gasteiger partial charge in [0.2, 0.25) is 0 Å². The van der Waals surface area contributed by atoms with Crippen LogP contribution < -0.4 is 10.2 Å². The first-order valence-corrected chi connectivity index (χ1v) is 11.6. The molecule has 7 nitrogen and oxygen atoms in total. The van der Waals surface area contributed by atoms with Crippen molar-refractivity contribution >= 4 is 27.4 Å². The van der Waals surface area contributed by atoms with Gasteiger partial charge in [-0.3, -0.25) is 5.10 Å². The number of hydrogen-bond donors (Lipinski definition) is 2. The van der Waals surface area contributed by atoms with Gasteiger partial charge in [0.15, 0.2) is 5.82 Å². The molecule has 6 rings (SSSR count). The Labute approximate surface area is 189 Å². The van der Waals surface area contributed by atoms with E-state index in [2.05, 4.69) is 30.7 Å². The topological polar surface area (TPSA) is 82.6 Å². The van der Waals surface area contributed by atoms with E-state index in [0.717, 1.165) is 52.6 Å². The molecule has 2 bridgehead atoms. The van der Waals surface area contributed by atoms with E-state index < -0.39 is 6.98 Å². The average Bonchev–Trinajstić information content (AvgIpc) is 3.51. The number of aromatic nitrogens is 5. The third-order valence-electron chi connectivity index (χ3n) is 6.52. The van der Waals surface area contributed by atoms with Crippen molar-refractivity contribution in [3.63, 3.8) is 0 Å². The van der Waals surface area contributed by atoms with E-state index in [-0.39, 0.29) is 6.04 Å². The van der Waals surface area contributed by atoms with Crippen LogP contribution in [-0.2, 0) is 0 Å². The first kappa shape index (κ1) is 15.9. The highest BCUT2D eigenvalue weighted by Gasteiger charge is 2.33. The van der Waals surface area contributed by atoms with E-state index in [0.29, 0.717) is 23.6 Å². The zero-order valence-electron chi connectivity index (χ0n) is 20.0. The van der Waals surface area contributed by atoms with Crippen molar-refractivity contribution in [1.29, 1.82) is 0 Å². The van der Waals surface area contributed by atoms with Crippen molar-refractivity contribution in [3.05, 3.63) is 42.2 Å². The Morgan fingerprint density at radius 3 is 2.71 bits per heavy atom. The number of nitrogens with zero attached hydrogens (tertiary/aromatic N) is 5. The summed E-state index contributed by atoms with van der Waals surface area (Å²) in [4.78, 5) is 6.08. The second kappa shape index (κ2) is 7.69. The molecule has 3 aromatic heterocycles. The molecule has 2 N–H and O–H groups in total. The van der Waals surface area contributed by atoms with Gasteiger partial charge in [-0.2, -0.15) is 5.10 Å². The predicted molar refractivity (Wildman–Crippen MR) is 124 cm³/mol. The van der Waals surface area contributed by atoms with Crippen LogP contribution in [0, 0.1) is 0 Å². The van der Waals surface area contributed by atoms with Crippen molar-refractivity contribution in [2.45, 2.75) is 50.2 Å². The molecular formula is C23H25N7S. The number of benzene rings is 1. The molecule has 2 fully saturated rings. The number of fused-ring (bicyclic) bond motifs is 3. The van der Waals surface area contributed by atoms with Crippen LogP contribution in [-0.4, -0.2) is 50.5 Å². The molecule has 4 aromatic rings. The van der Waals surface area contributed by atoms with Crippen LogP contribution in [0.2, 0.25) is 0 Å². The van der Waals surface area contributed by atoms with E-state index in [9.17, 15) is 0 Å². The minimum atomic E-state index is -2.27. The lowest BCUT2D eigenvalue weighted by molar-refractivity contribution is 0.219. The molecule has 0 radical (unpaired) electrons. The van der Waals surface area contributed by atoms with Crippen molar-refractivity contribution in [1.82, 2.24) is 30.7 Å². The number of thiazole rings is 1. The van der Waals surface area contributed by atoms with E-state index in [1.165, 1.54) is 11.3 Å². The monoisotopic (exact) mass is 434 g/mol. The molecule has 0 unspecified atom stereocenters. The lowest BCUT2D eigenvalue weighted by Gasteiger charge is -2.43. The molecule has 0 aliphatic carbocycles. The smallest absolute Gasteiger partial charge is 0.151 e. The third-order valence-corrected chi connectivity index (χ3v) is 7.38. The molecule has 0 saturated carbocycles. The van der Waals surface area contributed by atoms with Crippen LogP contribution in [0.3, 0.4) is 0 Å². The van der Waals surface area contributed by atoms with Crippen molar-refractivity contribution in [2.75, 3.05) is 11.9 Å². The van der Waals surface area contributed by atoms with E-state index in [1.54, 1.807) is 23.6 Å². The SMILES string of the molecule is [2H]C([2H])([2H])N(c1ccc(-c2ccc(-c3cn[nH]c3)c3ncsc23)nn1)C1C[C@H]2CCC[C@H](C1)N2. The lowest BCUT2D eigenvalue weighted by atomic mass is 9.83. The number of piperidine rings is 2. The summed E-state index contributed by atoms with van der Waals surface area (Å²) in [6.45, 7) is -2.27. The standard InChI is InChI=1S/C23H25N7S/c1-30(17-9-15-3-2-4-16(10-17)27-15)21-8-7-20(28-29-21)19-6-5-18(14-11-25-26-12-14)22-23(19)31-13-24-22/h5-8,11-13,15-17,27H,2-4,9-10H2,1H3,(H,25,26)/t15-,16-/m1/s1/i1D3. The summed E-state index contributed by atoms with van der Waals surface area (Å²) in [6.07, 6.45) is 8.67. The zero-order chi connectivity index (χ0) is 23.3. The number of hydrogen-bond acceptors (Lipinski definition) is 7. The van der Waals surface area contributed by atoms with Gasteiger partial charge in [0.25, 0.3) is 0 Å². The van der Waals surface area contributed by atoms with Gasteiger partial charge in [-0.05, 0) is 37.8 Å². The van der Waals surface area contributed by atoms with Gasteiger partial charge in [-0.1, -0.05) is 18.6 Å². The van der Waals surface area contributed by atoms with Gasteiger partial charge < -0.3 is 10.2 Å². The minimum Gasteiger partial charge on any atom is -0.355 e. The second-order valence-corrected chi connectivity index (χ2v) is 9.30. The van der Waals surface area contributed by atoms with Crippen LogP contribution in [0.1, 0.15) is 36.2 Å². The molecule has 2 atom stereocenters. The first-order chi connectivity index (χ1) is 16.5. The fourth-order valence-electron chi connectivity index (χ4n) is 5.01. The maximum Gasteiger partial charge on any atom is 0.151 e. The summed E-state index contributed by atoms with van der Waals surface area (Å²) < 4.78 is 25.7. The highest BCUT2D eigenvalue weighted by molar-refractivity contribution is 7.17. The highest BCUT2D eigenvalue weighted by atomic mass is 32.1. The van der Waals surface area contributed by atoms with Gasteiger partial charge in [0.1, 0.15) is 0 Å². The van der Waals surface area contributed by atoms with Gasteiger partial charge in [-0.25, -0.2) is 4.98 Å². The predicted octanol–water partition coefficient (Wildman–Crippen LogP) is 4.25. The lowest BCUT2D eigenvalue weighted by Crippen LogP contribution is -2.54. The summed E-state index contributed by atoms with van der Waals surface area (Å²) in [5.41, 5.74) is 6.32. The Bertz CT molecular complexity index is 1270. The molecule has 0 amide bonds. The number of rotatable bonds is 4. The molecule has 31 heavy (non-hydrogen) atoms. The number of aromatic amines is 1. The Hall–Kier alpha value is -2.84. The Balaban J connectivity index is 1.33. The Morgan fingerprint density at radius 1 is 1.10 bits per heavy atom. The van der Waals surface area contributed by atoms with Crippen molar-refractivity contribution < 1.29 is 4.11 Å². The van der Waals surface area contributed by atoms with Crippen molar-refractivity contribution in [3.8, 4) is 22.4 Å². The van der Waals surface area contributed by atoms with Crippen molar-refractivity contribution in [2.24, 2.45) is 0 Å². The first-order valence-electron chi connectivity index (χ1n) is 12.2. The van der Waals surface area contributed by atoms with E-state index in [4.69, 9.17) is 4.11 Å². The highest BCUT2D eigenvalue weighted by Crippen LogP contribution is 2.36. The Morgan fingerprint density at radius 2 is 1.97 bits per heavy atom. The normalized spacial score (nSPS) is 25.0. The van der Waals surface area contributed by atoms with E-state index >= 15 is 0 Å². The van der Waals surface area contributed by atoms with Crippen LogP contribution in [0.15, 0.2) is 42.2 Å². The fourth-order valence-corrected chi connectivity index (χ4v) is 5.85. The van der Waals surface area contributed by atoms with Crippen LogP contribution in [0.5, 0.6) is 0 Å². The Kier molecular flexibility index (Phi) is 3.94. The van der Waals surface area contributed by atoms with Gasteiger partial charge in [0, 0.05) is 52.1 Å². The molecule has 8 heteroatoms. The summed E-state index contributed by atoms with van der Waals surface area (Å²) in [5.74, 6) is 0.407. The van der Waals surface area contributed by atoms with Gasteiger partial charge >= 0.3 is 0 Å². The van der Waals surface area contributed by atoms with E-state index in [1.807, 2.05) is 29.9 Å². The largest absolute Gasteiger partial charge is 0.355 e. The van der Waals surface area contributed by atoms with Crippen LogP contribution >= 0.6 is 11.3 Å². The molecule has 2 saturated heterocycles. The summed E-state index contributed by atoms with van der Waals surface area (Å²) in [7, 11) is 0. The van der Waals surface area contributed by atoms with Gasteiger partial charge in [-0.15, -0.1) is 21.5 Å². The van der Waals surface area contributed by atoms with Gasteiger partial charge in [0.05, 0.1) is 27.6 Å². The molecule has 2 aliphatic rings. The maximum absolute atomic E-state index is 8.22. The number of anilines is 1. The minimum absolute atomic E-state index is 0.0772. The molecule has 5 heterocycles. The quantitative estimate of drug-likeness (QED) is 0.500. The molecule has 2 aliphatic heterocycles. The molecule has 0 spiro atoms. The van der Waals surface area contributed by atoms with Crippen LogP contribution in [0.4, 0.5) is 5.82 Å². The summed E-state index contributed by atoms with van der Waals surface area (Å²) in [6, 6.07) is 8.37. The molecule has 158 valence electrons. The molecule has 1 aromatic carbocycles. The number of H-pyrrole nitrogens is 1. The zero-order valence-corrected chi connectivity index (χ0v) is 17.8. The fraction of sp³-hybridized carbons (Fsp3) is 0.391. The average molecular weight is 435 g/mol.